The second-order valence-electron chi connectivity index (χ2n) is 4.38. The van der Waals surface area contributed by atoms with E-state index in [4.69, 9.17) is 10.9 Å². The lowest BCUT2D eigenvalue weighted by atomic mass is 9.67. The number of oxime groups is 1. The molecule has 18 heavy (non-hydrogen) atoms. The Kier molecular flexibility index (Phi) is 3.56. The number of rotatable bonds is 3. The summed E-state index contributed by atoms with van der Waals surface area (Å²) in [4.78, 5) is 12.2. The predicted octanol–water partition coefficient (Wildman–Crippen LogP) is 2.30. The van der Waals surface area contributed by atoms with Gasteiger partial charge in [-0.1, -0.05) is 27.5 Å². The number of amidine groups is 1. The number of nitrogens with two attached hydrogens (primary N) is 1. The maximum Gasteiger partial charge on any atom is 0.238 e. The van der Waals surface area contributed by atoms with Gasteiger partial charge in [0.15, 0.2) is 5.84 Å². The summed E-state index contributed by atoms with van der Waals surface area (Å²) in [7, 11) is 0. The van der Waals surface area contributed by atoms with Gasteiger partial charge in [0.25, 0.3) is 0 Å². The molecule has 0 spiro atoms. The molecule has 5 nitrogen and oxygen atoms in total. The minimum Gasteiger partial charge on any atom is -0.409 e. The molecule has 0 saturated heterocycles. The van der Waals surface area contributed by atoms with Crippen LogP contribution in [-0.4, -0.2) is 17.0 Å². The summed E-state index contributed by atoms with van der Waals surface area (Å²) < 4.78 is 0.940. The third-order valence-electron chi connectivity index (χ3n) is 3.34. The Morgan fingerprint density at radius 3 is 2.44 bits per heavy atom. The number of benzene rings is 1. The van der Waals surface area contributed by atoms with E-state index in [9.17, 15) is 4.79 Å². The van der Waals surface area contributed by atoms with Crippen LogP contribution in [0.2, 0.25) is 0 Å². The van der Waals surface area contributed by atoms with Crippen molar-refractivity contribution < 1.29 is 10.0 Å². The highest BCUT2D eigenvalue weighted by Gasteiger charge is 2.48. The zero-order valence-corrected chi connectivity index (χ0v) is 11.3. The molecule has 2 rings (SSSR count). The standard InChI is InChI=1S/C12H14BrN3O2/c13-8-2-4-9(5-3-8)15-11(17)12(6-1-7-12)10(14)16-18/h2-5,18H,1,6-7H2,(H2,14,16)(H,15,17). The van der Waals surface area contributed by atoms with Gasteiger partial charge in [0.1, 0.15) is 5.41 Å². The molecule has 0 unspecified atom stereocenters. The second kappa shape index (κ2) is 4.97. The van der Waals surface area contributed by atoms with Crippen molar-refractivity contribution in [2.75, 3.05) is 5.32 Å². The number of amides is 1. The molecule has 6 heteroatoms. The van der Waals surface area contributed by atoms with E-state index < -0.39 is 5.41 Å². The number of nitrogens with one attached hydrogen (secondary N) is 1. The van der Waals surface area contributed by atoms with Gasteiger partial charge in [-0.25, -0.2) is 0 Å². The molecule has 1 amide bonds. The van der Waals surface area contributed by atoms with Crippen molar-refractivity contribution in [1.29, 1.82) is 0 Å². The molecule has 0 bridgehead atoms. The van der Waals surface area contributed by atoms with Gasteiger partial charge in [-0.3, -0.25) is 4.79 Å². The lowest BCUT2D eigenvalue weighted by molar-refractivity contribution is -0.125. The summed E-state index contributed by atoms with van der Waals surface area (Å²) in [5.74, 6) is -0.227. The SMILES string of the molecule is N/C(=N/O)C1(C(=O)Nc2ccc(Br)cc2)CCC1. The van der Waals surface area contributed by atoms with Crippen LogP contribution in [-0.2, 0) is 4.79 Å². The number of hydrogen-bond acceptors (Lipinski definition) is 3. The Balaban J connectivity index is 2.14. The quantitative estimate of drug-likeness (QED) is 0.346. The van der Waals surface area contributed by atoms with E-state index in [2.05, 4.69) is 26.4 Å². The predicted molar refractivity (Wildman–Crippen MR) is 72.5 cm³/mol. The third-order valence-corrected chi connectivity index (χ3v) is 3.87. The Morgan fingerprint density at radius 1 is 1.39 bits per heavy atom. The van der Waals surface area contributed by atoms with Crippen LogP contribution in [0.5, 0.6) is 0 Å². The molecule has 0 aromatic heterocycles. The van der Waals surface area contributed by atoms with Gasteiger partial charge in [0, 0.05) is 10.2 Å². The monoisotopic (exact) mass is 311 g/mol. The first-order valence-electron chi connectivity index (χ1n) is 5.63. The summed E-state index contributed by atoms with van der Waals surface area (Å²) in [5, 5.41) is 14.5. The summed E-state index contributed by atoms with van der Waals surface area (Å²) in [5.41, 5.74) is 5.47. The maximum absolute atomic E-state index is 12.2. The van der Waals surface area contributed by atoms with E-state index in [0.717, 1.165) is 10.9 Å². The van der Waals surface area contributed by atoms with E-state index in [1.165, 1.54) is 0 Å². The van der Waals surface area contributed by atoms with Crippen LogP contribution in [0.15, 0.2) is 33.9 Å². The van der Waals surface area contributed by atoms with Crippen LogP contribution in [0.1, 0.15) is 19.3 Å². The van der Waals surface area contributed by atoms with Crippen molar-refractivity contribution in [3.8, 4) is 0 Å². The summed E-state index contributed by atoms with van der Waals surface area (Å²) in [6, 6.07) is 7.26. The molecule has 0 atom stereocenters. The van der Waals surface area contributed by atoms with Crippen LogP contribution in [0, 0.1) is 5.41 Å². The highest BCUT2D eigenvalue weighted by atomic mass is 79.9. The molecule has 96 valence electrons. The average Bonchev–Trinajstić information content (AvgIpc) is 2.30. The lowest BCUT2D eigenvalue weighted by Gasteiger charge is -2.38. The second-order valence-corrected chi connectivity index (χ2v) is 5.30. The Bertz CT molecular complexity index is 481. The zero-order chi connectivity index (χ0) is 13.2. The van der Waals surface area contributed by atoms with Crippen LogP contribution in [0.25, 0.3) is 0 Å². The molecule has 0 radical (unpaired) electrons. The number of anilines is 1. The Morgan fingerprint density at radius 2 is 2.00 bits per heavy atom. The maximum atomic E-state index is 12.2. The number of halogens is 1. The van der Waals surface area contributed by atoms with Crippen LogP contribution in [0.3, 0.4) is 0 Å². The van der Waals surface area contributed by atoms with Crippen LogP contribution >= 0.6 is 15.9 Å². The lowest BCUT2D eigenvalue weighted by Crippen LogP contribution is -2.51. The van der Waals surface area contributed by atoms with Crippen LogP contribution in [0.4, 0.5) is 5.69 Å². The largest absolute Gasteiger partial charge is 0.409 e. The van der Waals surface area contributed by atoms with Crippen molar-refractivity contribution in [3.63, 3.8) is 0 Å². The molecule has 4 N–H and O–H groups in total. The fraction of sp³-hybridized carbons (Fsp3) is 0.333. The number of nitrogens with zero attached hydrogens (tertiary/aromatic N) is 1. The van der Waals surface area contributed by atoms with Gasteiger partial charge in [0.2, 0.25) is 5.91 Å². The first kappa shape index (κ1) is 12.9. The first-order chi connectivity index (χ1) is 8.58. The van der Waals surface area contributed by atoms with E-state index >= 15 is 0 Å². The highest BCUT2D eigenvalue weighted by molar-refractivity contribution is 9.10. The fourth-order valence-corrected chi connectivity index (χ4v) is 2.27. The van der Waals surface area contributed by atoms with E-state index in [1.54, 1.807) is 12.1 Å². The minimum absolute atomic E-state index is 0.0108. The van der Waals surface area contributed by atoms with Crippen molar-refractivity contribution in [3.05, 3.63) is 28.7 Å². The summed E-state index contributed by atoms with van der Waals surface area (Å²) >= 11 is 3.33. The normalized spacial score (nSPS) is 17.9. The summed E-state index contributed by atoms with van der Waals surface area (Å²) in [6.07, 6.45) is 2.14. The molecule has 1 fully saturated rings. The highest BCUT2D eigenvalue weighted by Crippen LogP contribution is 2.42. The van der Waals surface area contributed by atoms with E-state index in [0.29, 0.717) is 18.5 Å². The number of carbonyl (C=O) groups is 1. The Labute approximate surface area is 113 Å². The smallest absolute Gasteiger partial charge is 0.238 e. The van der Waals surface area contributed by atoms with Gasteiger partial charge in [-0.2, -0.15) is 0 Å². The molecule has 0 heterocycles. The Hall–Kier alpha value is -1.56. The van der Waals surface area contributed by atoms with Crippen molar-refractivity contribution in [2.45, 2.75) is 19.3 Å². The number of carbonyl (C=O) groups excluding carboxylic acids is 1. The van der Waals surface area contributed by atoms with E-state index in [1.807, 2.05) is 12.1 Å². The molecule has 1 aromatic rings. The molecule has 1 aliphatic rings. The molecule has 1 aliphatic carbocycles. The number of hydrogen-bond donors (Lipinski definition) is 3. The zero-order valence-electron chi connectivity index (χ0n) is 9.69. The summed E-state index contributed by atoms with van der Waals surface area (Å²) in [6.45, 7) is 0. The van der Waals surface area contributed by atoms with Gasteiger partial charge < -0.3 is 16.3 Å². The molecule has 1 aromatic carbocycles. The van der Waals surface area contributed by atoms with Gasteiger partial charge >= 0.3 is 0 Å². The van der Waals surface area contributed by atoms with Gasteiger partial charge in [-0.15, -0.1) is 0 Å². The molecular formula is C12H14BrN3O2. The van der Waals surface area contributed by atoms with E-state index in [-0.39, 0.29) is 11.7 Å². The minimum atomic E-state index is -0.845. The van der Waals surface area contributed by atoms with Gasteiger partial charge in [-0.05, 0) is 37.1 Å². The average molecular weight is 312 g/mol. The molecular weight excluding hydrogens is 298 g/mol. The molecule has 1 saturated carbocycles. The van der Waals surface area contributed by atoms with Crippen molar-refractivity contribution in [2.24, 2.45) is 16.3 Å². The first-order valence-corrected chi connectivity index (χ1v) is 6.43. The van der Waals surface area contributed by atoms with Crippen molar-refractivity contribution in [1.82, 2.24) is 0 Å². The van der Waals surface area contributed by atoms with Gasteiger partial charge in [0.05, 0.1) is 0 Å². The topological polar surface area (TPSA) is 87.7 Å². The fourth-order valence-electron chi connectivity index (χ4n) is 2.01. The third kappa shape index (κ3) is 2.20. The van der Waals surface area contributed by atoms with Crippen molar-refractivity contribution >= 4 is 33.4 Å². The van der Waals surface area contributed by atoms with Crippen LogP contribution < -0.4 is 11.1 Å². The molecule has 0 aliphatic heterocycles.